The number of nitrogens with zero attached hydrogens (tertiary/aromatic N) is 1. The Balaban J connectivity index is 2.44. The highest BCUT2D eigenvalue weighted by molar-refractivity contribution is 5.88. The van der Waals surface area contributed by atoms with E-state index in [0.717, 1.165) is 36.4 Å². The van der Waals surface area contributed by atoms with Gasteiger partial charge in [-0.05, 0) is 18.2 Å². The van der Waals surface area contributed by atoms with Crippen molar-refractivity contribution in [1.29, 1.82) is 0 Å². The van der Waals surface area contributed by atoms with E-state index in [1.807, 2.05) is 0 Å². The van der Waals surface area contributed by atoms with Gasteiger partial charge in [0.15, 0.2) is 0 Å². The first-order valence-corrected chi connectivity index (χ1v) is 5.36. The van der Waals surface area contributed by atoms with E-state index in [1.54, 1.807) is 0 Å². The molecule has 2 aromatic rings. The molecule has 1 aromatic heterocycles. The van der Waals surface area contributed by atoms with Crippen LogP contribution in [0.1, 0.15) is 15.9 Å². The van der Waals surface area contributed by atoms with Crippen LogP contribution in [0.4, 0.5) is 17.6 Å². The third-order valence-electron chi connectivity index (χ3n) is 2.55. The number of carboxylic acid groups (broad SMARTS) is 1. The van der Waals surface area contributed by atoms with Gasteiger partial charge in [0.2, 0.25) is 5.95 Å². The summed E-state index contributed by atoms with van der Waals surface area (Å²) in [6.45, 7) is 0. The zero-order valence-corrected chi connectivity index (χ0v) is 9.78. The first-order valence-electron chi connectivity index (χ1n) is 5.36. The summed E-state index contributed by atoms with van der Waals surface area (Å²) in [5, 5.41) is 8.79. The maximum atomic E-state index is 13.2. The predicted molar refractivity (Wildman–Crippen MR) is 61.6 cm³/mol. The summed E-state index contributed by atoms with van der Waals surface area (Å²) in [6, 6.07) is 5.68. The zero-order chi connectivity index (χ0) is 14.9. The Morgan fingerprint density at radius 1 is 1.10 bits per heavy atom. The average Bonchev–Trinajstić information content (AvgIpc) is 2.37. The Bertz CT molecular complexity index is 650. The molecule has 0 amide bonds. The fraction of sp³-hybridized carbons (Fsp3) is 0.0769. The number of hydrogen-bond acceptors (Lipinski definition) is 2. The van der Waals surface area contributed by atoms with Gasteiger partial charge in [-0.1, -0.05) is 12.1 Å². The van der Waals surface area contributed by atoms with Gasteiger partial charge in [-0.15, -0.1) is 0 Å². The van der Waals surface area contributed by atoms with Crippen LogP contribution in [0.25, 0.3) is 11.3 Å². The third kappa shape index (κ3) is 2.93. The Hall–Kier alpha value is -2.44. The molecule has 1 heterocycles. The normalized spacial score (nSPS) is 11.4. The van der Waals surface area contributed by atoms with Crippen molar-refractivity contribution in [3.8, 4) is 11.3 Å². The molecule has 1 N–H and O–H groups in total. The molecule has 0 aliphatic rings. The summed E-state index contributed by atoms with van der Waals surface area (Å²) < 4.78 is 50.4. The van der Waals surface area contributed by atoms with Gasteiger partial charge in [0.1, 0.15) is 0 Å². The lowest BCUT2D eigenvalue weighted by Crippen LogP contribution is -2.04. The Morgan fingerprint density at radius 3 is 2.20 bits per heavy atom. The quantitative estimate of drug-likeness (QED) is 0.677. The van der Waals surface area contributed by atoms with Crippen molar-refractivity contribution in [3.63, 3.8) is 0 Å². The molecule has 0 bridgehead atoms. The topological polar surface area (TPSA) is 50.2 Å². The van der Waals surface area contributed by atoms with Gasteiger partial charge >= 0.3 is 12.1 Å². The standard InChI is InChI=1S/C13H7F4NO2/c14-11-6-8(12(19)20)5-10(18-11)7-1-3-9(4-2-7)13(15,16)17/h1-6H,(H,19,20). The molecule has 0 spiro atoms. The smallest absolute Gasteiger partial charge is 0.416 e. The van der Waals surface area contributed by atoms with Crippen LogP contribution < -0.4 is 0 Å². The zero-order valence-electron chi connectivity index (χ0n) is 9.78. The van der Waals surface area contributed by atoms with E-state index in [2.05, 4.69) is 4.98 Å². The first kappa shape index (κ1) is 14.0. The van der Waals surface area contributed by atoms with E-state index in [4.69, 9.17) is 5.11 Å². The fourth-order valence-electron chi connectivity index (χ4n) is 1.60. The maximum absolute atomic E-state index is 13.2. The maximum Gasteiger partial charge on any atom is 0.416 e. The molecule has 0 radical (unpaired) electrons. The molecule has 104 valence electrons. The van der Waals surface area contributed by atoms with Crippen LogP contribution in [0, 0.1) is 5.95 Å². The number of carbonyl (C=O) groups is 1. The van der Waals surface area contributed by atoms with Crippen molar-refractivity contribution < 1.29 is 27.5 Å². The van der Waals surface area contributed by atoms with Crippen LogP contribution in [0.3, 0.4) is 0 Å². The Morgan fingerprint density at radius 2 is 1.70 bits per heavy atom. The Labute approximate surface area is 110 Å². The van der Waals surface area contributed by atoms with E-state index < -0.39 is 23.7 Å². The molecule has 0 unspecified atom stereocenters. The lowest BCUT2D eigenvalue weighted by atomic mass is 10.1. The molecule has 1 aromatic carbocycles. The molecule has 20 heavy (non-hydrogen) atoms. The van der Waals surface area contributed by atoms with Gasteiger partial charge in [-0.3, -0.25) is 0 Å². The molecule has 2 rings (SSSR count). The minimum absolute atomic E-state index is 0.0453. The van der Waals surface area contributed by atoms with Gasteiger partial charge in [0, 0.05) is 11.6 Å². The van der Waals surface area contributed by atoms with E-state index in [0.29, 0.717) is 0 Å². The van der Waals surface area contributed by atoms with Gasteiger partial charge in [-0.2, -0.15) is 17.6 Å². The highest BCUT2D eigenvalue weighted by Gasteiger charge is 2.30. The largest absolute Gasteiger partial charge is 0.478 e. The molecule has 0 atom stereocenters. The van der Waals surface area contributed by atoms with Gasteiger partial charge < -0.3 is 5.11 Å². The lowest BCUT2D eigenvalue weighted by Gasteiger charge is -2.08. The number of carboxylic acids is 1. The number of pyridine rings is 1. The SMILES string of the molecule is O=C(O)c1cc(F)nc(-c2ccc(C(F)(F)F)cc2)c1. The number of rotatable bonds is 2. The van der Waals surface area contributed by atoms with Crippen molar-refractivity contribution in [2.24, 2.45) is 0 Å². The summed E-state index contributed by atoms with van der Waals surface area (Å²) in [5.74, 6) is -2.36. The molecule has 0 aliphatic carbocycles. The first-order chi connectivity index (χ1) is 9.27. The van der Waals surface area contributed by atoms with Crippen LogP contribution in [-0.2, 0) is 6.18 Å². The number of aromatic nitrogens is 1. The summed E-state index contributed by atoms with van der Waals surface area (Å²) in [4.78, 5) is 14.2. The minimum atomic E-state index is -4.47. The van der Waals surface area contributed by atoms with Crippen LogP contribution >= 0.6 is 0 Å². The second-order valence-corrected chi connectivity index (χ2v) is 3.94. The van der Waals surface area contributed by atoms with Gasteiger partial charge in [0.05, 0.1) is 16.8 Å². The highest BCUT2D eigenvalue weighted by atomic mass is 19.4. The van der Waals surface area contributed by atoms with E-state index >= 15 is 0 Å². The highest BCUT2D eigenvalue weighted by Crippen LogP contribution is 2.30. The van der Waals surface area contributed by atoms with Gasteiger partial charge in [0.25, 0.3) is 0 Å². The molecule has 7 heteroatoms. The van der Waals surface area contributed by atoms with Crippen LogP contribution in [0.5, 0.6) is 0 Å². The van der Waals surface area contributed by atoms with E-state index in [9.17, 15) is 22.4 Å². The summed E-state index contributed by atoms with van der Waals surface area (Å²) in [5.41, 5.74) is -1.03. The molecule has 3 nitrogen and oxygen atoms in total. The summed E-state index contributed by atoms with van der Waals surface area (Å²) >= 11 is 0. The fourth-order valence-corrected chi connectivity index (χ4v) is 1.60. The monoisotopic (exact) mass is 285 g/mol. The average molecular weight is 285 g/mol. The van der Waals surface area contributed by atoms with Crippen LogP contribution in [-0.4, -0.2) is 16.1 Å². The molecular weight excluding hydrogens is 278 g/mol. The summed E-state index contributed by atoms with van der Waals surface area (Å²) in [7, 11) is 0. The molecular formula is C13H7F4NO2. The minimum Gasteiger partial charge on any atom is -0.478 e. The van der Waals surface area contributed by atoms with E-state index in [1.165, 1.54) is 0 Å². The molecule has 0 aliphatic heterocycles. The second-order valence-electron chi connectivity index (χ2n) is 3.94. The second kappa shape index (κ2) is 4.92. The Kier molecular flexibility index (Phi) is 3.44. The van der Waals surface area contributed by atoms with Crippen LogP contribution in [0.15, 0.2) is 36.4 Å². The number of benzene rings is 1. The molecule has 0 fully saturated rings. The van der Waals surface area contributed by atoms with E-state index in [-0.39, 0.29) is 16.8 Å². The number of halogens is 4. The van der Waals surface area contributed by atoms with Crippen LogP contribution in [0.2, 0.25) is 0 Å². The summed E-state index contributed by atoms with van der Waals surface area (Å²) in [6.07, 6.45) is -4.47. The number of alkyl halides is 3. The molecule has 0 saturated carbocycles. The molecule has 0 saturated heterocycles. The number of aromatic carboxylic acids is 1. The lowest BCUT2D eigenvalue weighted by molar-refractivity contribution is -0.137. The van der Waals surface area contributed by atoms with Gasteiger partial charge in [-0.25, -0.2) is 9.78 Å². The number of hydrogen-bond donors (Lipinski definition) is 1. The van der Waals surface area contributed by atoms with Crippen molar-refractivity contribution in [2.75, 3.05) is 0 Å². The van der Waals surface area contributed by atoms with Crippen molar-refractivity contribution in [1.82, 2.24) is 4.98 Å². The van der Waals surface area contributed by atoms with Crippen molar-refractivity contribution >= 4 is 5.97 Å². The van der Waals surface area contributed by atoms with Crippen molar-refractivity contribution in [3.05, 3.63) is 53.5 Å². The predicted octanol–water partition coefficient (Wildman–Crippen LogP) is 3.60. The third-order valence-corrected chi connectivity index (χ3v) is 2.55. The van der Waals surface area contributed by atoms with Crippen molar-refractivity contribution in [2.45, 2.75) is 6.18 Å².